The SMILES string of the molecule is COc1ccc(NC(=O)c2ccc(Cn3ccnc3)cc2)c(OC)c1. The molecule has 1 N–H and O–H groups in total. The first kappa shape index (κ1) is 16.6. The van der Waals surface area contributed by atoms with Crippen LogP contribution < -0.4 is 14.8 Å². The number of amides is 1. The van der Waals surface area contributed by atoms with Gasteiger partial charge in [-0.1, -0.05) is 12.1 Å². The van der Waals surface area contributed by atoms with E-state index in [9.17, 15) is 4.79 Å². The number of nitrogens with zero attached hydrogens (tertiary/aromatic N) is 2. The van der Waals surface area contributed by atoms with Crippen molar-refractivity contribution in [1.29, 1.82) is 0 Å². The summed E-state index contributed by atoms with van der Waals surface area (Å²) in [6, 6.07) is 12.7. The highest BCUT2D eigenvalue weighted by Crippen LogP contribution is 2.29. The van der Waals surface area contributed by atoms with Gasteiger partial charge in [0.1, 0.15) is 11.5 Å². The zero-order chi connectivity index (χ0) is 17.6. The second kappa shape index (κ2) is 7.53. The van der Waals surface area contributed by atoms with Crippen LogP contribution in [0, 0.1) is 0 Å². The van der Waals surface area contributed by atoms with Crippen LogP contribution in [0.15, 0.2) is 61.2 Å². The number of anilines is 1. The number of rotatable bonds is 6. The molecule has 0 saturated heterocycles. The molecule has 6 heteroatoms. The van der Waals surface area contributed by atoms with Crippen LogP contribution >= 0.6 is 0 Å². The highest BCUT2D eigenvalue weighted by molar-refractivity contribution is 6.05. The van der Waals surface area contributed by atoms with Crippen molar-refractivity contribution in [3.63, 3.8) is 0 Å². The van der Waals surface area contributed by atoms with Gasteiger partial charge >= 0.3 is 0 Å². The first-order valence-electron chi connectivity index (χ1n) is 7.77. The van der Waals surface area contributed by atoms with Gasteiger partial charge in [0, 0.05) is 30.6 Å². The average Bonchev–Trinajstić information content (AvgIpc) is 3.15. The lowest BCUT2D eigenvalue weighted by Gasteiger charge is -2.12. The first-order chi connectivity index (χ1) is 12.2. The van der Waals surface area contributed by atoms with E-state index in [4.69, 9.17) is 9.47 Å². The van der Waals surface area contributed by atoms with Crippen LogP contribution in [0.2, 0.25) is 0 Å². The van der Waals surface area contributed by atoms with E-state index in [1.54, 1.807) is 57.1 Å². The molecule has 128 valence electrons. The van der Waals surface area contributed by atoms with E-state index in [1.165, 1.54) is 0 Å². The molecule has 2 aromatic carbocycles. The van der Waals surface area contributed by atoms with E-state index in [1.807, 2.05) is 22.9 Å². The van der Waals surface area contributed by atoms with Crippen LogP contribution in [0.1, 0.15) is 15.9 Å². The Hall–Kier alpha value is -3.28. The maximum absolute atomic E-state index is 12.5. The summed E-state index contributed by atoms with van der Waals surface area (Å²) in [6.45, 7) is 0.716. The molecule has 0 radical (unpaired) electrons. The van der Waals surface area contributed by atoms with Gasteiger partial charge in [0.15, 0.2) is 0 Å². The van der Waals surface area contributed by atoms with Crippen LogP contribution in [-0.2, 0) is 6.54 Å². The van der Waals surface area contributed by atoms with E-state index in [0.717, 1.165) is 5.56 Å². The number of carbonyl (C=O) groups is 1. The zero-order valence-electron chi connectivity index (χ0n) is 14.1. The predicted molar refractivity (Wildman–Crippen MR) is 95.3 cm³/mol. The molecule has 3 rings (SSSR count). The minimum absolute atomic E-state index is 0.197. The molecule has 0 spiro atoms. The summed E-state index contributed by atoms with van der Waals surface area (Å²) < 4.78 is 12.4. The molecule has 0 unspecified atom stereocenters. The largest absolute Gasteiger partial charge is 0.497 e. The van der Waals surface area contributed by atoms with E-state index in [2.05, 4.69) is 10.3 Å². The summed E-state index contributed by atoms with van der Waals surface area (Å²) in [6.07, 6.45) is 5.40. The van der Waals surface area contributed by atoms with Crippen molar-refractivity contribution >= 4 is 11.6 Å². The van der Waals surface area contributed by atoms with E-state index >= 15 is 0 Å². The summed E-state index contributed by atoms with van der Waals surface area (Å²) >= 11 is 0. The number of nitrogens with one attached hydrogen (secondary N) is 1. The van der Waals surface area contributed by atoms with Gasteiger partial charge in [-0.2, -0.15) is 0 Å². The minimum atomic E-state index is -0.197. The van der Waals surface area contributed by atoms with Crippen molar-refractivity contribution < 1.29 is 14.3 Å². The fraction of sp³-hybridized carbons (Fsp3) is 0.158. The van der Waals surface area contributed by atoms with Crippen molar-refractivity contribution in [2.24, 2.45) is 0 Å². The number of carbonyl (C=O) groups excluding carboxylic acids is 1. The molecular weight excluding hydrogens is 318 g/mol. The van der Waals surface area contributed by atoms with E-state index in [-0.39, 0.29) is 5.91 Å². The Morgan fingerprint density at radius 1 is 1.12 bits per heavy atom. The smallest absolute Gasteiger partial charge is 0.255 e. The predicted octanol–water partition coefficient (Wildman–Crippen LogP) is 3.20. The average molecular weight is 337 g/mol. The Labute approximate surface area is 146 Å². The van der Waals surface area contributed by atoms with Crippen LogP contribution in [0.5, 0.6) is 11.5 Å². The fourth-order valence-electron chi connectivity index (χ4n) is 2.45. The van der Waals surface area contributed by atoms with Gasteiger partial charge in [0.2, 0.25) is 0 Å². The number of hydrogen-bond donors (Lipinski definition) is 1. The molecule has 0 saturated carbocycles. The number of benzene rings is 2. The Kier molecular flexibility index (Phi) is 4.99. The molecule has 0 aliphatic carbocycles. The highest BCUT2D eigenvalue weighted by Gasteiger charge is 2.11. The van der Waals surface area contributed by atoms with Crippen molar-refractivity contribution in [2.75, 3.05) is 19.5 Å². The van der Waals surface area contributed by atoms with Gasteiger partial charge in [-0.05, 0) is 29.8 Å². The number of hydrogen-bond acceptors (Lipinski definition) is 4. The zero-order valence-corrected chi connectivity index (χ0v) is 14.1. The Balaban J connectivity index is 1.71. The lowest BCUT2D eigenvalue weighted by molar-refractivity contribution is 0.102. The van der Waals surface area contributed by atoms with Gasteiger partial charge in [-0.15, -0.1) is 0 Å². The van der Waals surface area contributed by atoms with Crippen molar-refractivity contribution in [3.8, 4) is 11.5 Å². The van der Waals surface area contributed by atoms with Gasteiger partial charge in [-0.3, -0.25) is 4.79 Å². The Morgan fingerprint density at radius 3 is 2.56 bits per heavy atom. The maximum Gasteiger partial charge on any atom is 0.255 e. The monoisotopic (exact) mass is 337 g/mol. The normalized spacial score (nSPS) is 10.3. The maximum atomic E-state index is 12.5. The molecule has 0 fully saturated rings. The molecule has 0 bridgehead atoms. The summed E-state index contributed by atoms with van der Waals surface area (Å²) in [7, 11) is 3.13. The standard InChI is InChI=1S/C19H19N3O3/c1-24-16-7-8-17(18(11-16)25-2)21-19(23)15-5-3-14(4-6-15)12-22-10-9-20-13-22/h3-11,13H,12H2,1-2H3,(H,21,23). The molecule has 0 aliphatic rings. The molecule has 0 aliphatic heterocycles. The van der Waals surface area contributed by atoms with Crippen LogP contribution in [0.4, 0.5) is 5.69 Å². The Morgan fingerprint density at radius 2 is 1.92 bits per heavy atom. The van der Waals surface area contributed by atoms with E-state index < -0.39 is 0 Å². The molecule has 0 atom stereocenters. The van der Waals surface area contributed by atoms with Crippen LogP contribution in [0.3, 0.4) is 0 Å². The number of methoxy groups -OCH3 is 2. The van der Waals surface area contributed by atoms with Crippen molar-refractivity contribution in [1.82, 2.24) is 9.55 Å². The molecule has 1 aromatic heterocycles. The summed E-state index contributed by atoms with van der Waals surface area (Å²) in [5.74, 6) is 1.01. The van der Waals surface area contributed by atoms with E-state index in [0.29, 0.717) is 29.3 Å². The topological polar surface area (TPSA) is 65.4 Å². The molecule has 1 heterocycles. The third-order valence-corrected chi connectivity index (χ3v) is 3.80. The molecule has 25 heavy (non-hydrogen) atoms. The minimum Gasteiger partial charge on any atom is -0.497 e. The molecule has 1 amide bonds. The number of ether oxygens (including phenoxy) is 2. The quantitative estimate of drug-likeness (QED) is 0.750. The third-order valence-electron chi connectivity index (χ3n) is 3.80. The highest BCUT2D eigenvalue weighted by atomic mass is 16.5. The summed E-state index contributed by atoms with van der Waals surface area (Å²) in [4.78, 5) is 16.5. The molecular formula is C19H19N3O3. The molecule has 6 nitrogen and oxygen atoms in total. The Bertz CT molecular complexity index is 843. The summed E-state index contributed by atoms with van der Waals surface area (Å²) in [5, 5.41) is 2.86. The van der Waals surface area contributed by atoms with Crippen molar-refractivity contribution in [3.05, 3.63) is 72.3 Å². The lowest BCUT2D eigenvalue weighted by Crippen LogP contribution is -2.12. The first-order valence-corrected chi connectivity index (χ1v) is 7.77. The second-order valence-corrected chi connectivity index (χ2v) is 5.45. The van der Waals surface area contributed by atoms with Gasteiger partial charge < -0.3 is 19.4 Å². The van der Waals surface area contributed by atoms with Gasteiger partial charge in [0.05, 0.1) is 26.2 Å². The second-order valence-electron chi connectivity index (χ2n) is 5.45. The molecule has 3 aromatic rings. The van der Waals surface area contributed by atoms with Crippen LogP contribution in [0.25, 0.3) is 0 Å². The van der Waals surface area contributed by atoms with Gasteiger partial charge in [-0.25, -0.2) is 4.98 Å². The fourth-order valence-corrected chi connectivity index (χ4v) is 2.45. The number of imidazole rings is 1. The lowest BCUT2D eigenvalue weighted by atomic mass is 10.1. The van der Waals surface area contributed by atoms with Crippen LogP contribution in [-0.4, -0.2) is 29.7 Å². The van der Waals surface area contributed by atoms with Crippen molar-refractivity contribution in [2.45, 2.75) is 6.54 Å². The third kappa shape index (κ3) is 3.98. The summed E-state index contributed by atoms with van der Waals surface area (Å²) in [5.41, 5.74) is 2.26. The van der Waals surface area contributed by atoms with Gasteiger partial charge in [0.25, 0.3) is 5.91 Å². The number of aromatic nitrogens is 2.